The molecular formula is C18H27F2N5O3S. The Morgan fingerprint density at radius 1 is 1.34 bits per heavy atom. The highest BCUT2D eigenvalue weighted by molar-refractivity contribution is 7.89. The summed E-state index contributed by atoms with van der Waals surface area (Å²) in [5.74, 6) is 0.970. The molecule has 8 nitrogen and oxygen atoms in total. The molecule has 0 amide bonds. The van der Waals surface area contributed by atoms with Crippen molar-refractivity contribution in [3.8, 4) is 5.75 Å². The van der Waals surface area contributed by atoms with Gasteiger partial charge >= 0.3 is 6.61 Å². The van der Waals surface area contributed by atoms with Crippen LogP contribution in [-0.4, -0.2) is 76.9 Å². The van der Waals surface area contributed by atoms with Gasteiger partial charge in [-0.1, -0.05) is 12.1 Å². The molecule has 2 heterocycles. The highest BCUT2D eigenvalue weighted by Gasteiger charge is 2.28. The van der Waals surface area contributed by atoms with Gasteiger partial charge < -0.3 is 20.3 Å². The number of nitrogens with one attached hydrogen (secondary N) is 2. The molecule has 2 saturated heterocycles. The van der Waals surface area contributed by atoms with E-state index in [0.29, 0.717) is 50.8 Å². The molecule has 0 spiro atoms. The predicted molar refractivity (Wildman–Crippen MR) is 108 cm³/mol. The van der Waals surface area contributed by atoms with Crippen LogP contribution in [0.5, 0.6) is 5.75 Å². The summed E-state index contributed by atoms with van der Waals surface area (Å²) in [6.45, 7) is -0.128. The van der Waals surface area contributed by atoms with Gasteiger partial charge in [0.05, 0.1) is 11.4 Å². The minimum atomic E-state index is -3.10. The van der Waals surface area contributed by atoms with Gasteiger partial charge in [-0.3, -0.25) is 4.99 Å². The monoisotopic (exact) mass is 431 g/mol. The second-order valence-electron chi connectivity index (χ2n) is 6.99. The van der Waals surface area contributed by atoms with E-state index in [1.54, 1.807) is 25.2 Å². The van der Waals surface area contributed by atoms with Crippen LogP contribution in [0.3, 0.4) is 0 Å². The van der Waals surface area contributed by atoms with Crippen molar-refractivity contribution in [3.63, 3.8) is 0 Å². The molecule has 1 atom stereocenters. The zero-order valence-electron chi connectivity index (χ0n) is 16.4. The van der Waals surface area contributed by atoms with E-state index in [4.69, 9.17) is 0 Å². The third kappa shape index (κ3) is 5.69. The van der Waals surface area contributed by atoms with E-state index in [1.807, 2.05) is 4.90 Å². The van der Waals surface area contributed by atoms with E-state index in [2.05, 4.69) is 20.4 Å². The molecule has 0 bridgehead atoms. The number of alkyl halides is 2. The molecule has 29 heavy (non-hydrogen) atoms. The fourth-order valence-corrected chi connectivity index (χ4v) is 5.17. The SMILES string of the molecule is CN=C(NCCN1CCCS1(=O)=O)NC1CCN(c2ccccc2OC(F)F)C1. The van der Waals surface area contributed by atoms with E-state index in [0.717, 1.165) is 6.42 Å². The van der Waals surface area contributed by atoms with Crippen LogP contribution in [0.1, 0.15) is 12.8 Å². The van der Waals surface area contributed by atoms with Crippen LogP contribution >= 0.6 is 0 Å². The topological polar surface area (TPSA) is 86.3 Å². The van der Waals surface area contributed by atoms with Gasteiger partial charge in [0.25, 0.3) is 0 Å². The largest absolute Gasteiger partial charge is 0.433 e. The lowest BCUT2D eigenvalue weighted by atomic mass is 10.2. The van der Waals surface area contributed by atoms with Crippen molar-refractivity contribution in [2.45, 2.75) is 25.5 Å². The lowest BCUT2D eigenvalue weighted by Crippen LogP contribution is -2.46. The van der Waals surface area contributed by atoms with Crippen LogP contribution in [-0.2, 0) is 10.0 Å². The number of sulfonamides is 1. The molecule has 2 aliphatic heterocycles. The summed E-state index contributed by atoms with van der Waals surface area (Å²) < 4.78 is 55.1. The number of para-hydroxylation sites is 2. The molecule has 1 aromatic rings. The number of aliphatic imine (C=N–C) groups is 1. The summed E-state index contributed by atoms with van der Waals surface area (Å²) >= 11 is 0. The van der Waals surface area contributed by atoms with Crippen molar-refractivity contribution < 1.29 is 21.9 Å². The van der Waals surface area contributed by atoms with Crippen LogP contribution < -0.4 is 20.3 Å². The number of anilines is 1. The molecule has 2 N–H and O–H groups in total. The molecule has 0 saturated carbocycles. The number of ether oxygens (including phenoxy) is 1. The van der Waals surface area contributed by atoms with Crippen molar-refractivity contribution in [2.75, 3.05) is 50.4 Å². The van der Waals surface area contributed by atoms with Gasteiger partial charge in [0.2, 0.25) is 10.0 Å². The molecule has 0 aromatic heterocycles. The fourth-order valence-electron chi connectivity index (χ4n) is 3.64. The standard InChI is InChI=1S/C18H27F2N5O3S/c1-21-18(22-8-11-25-9-4-12-29(25,26)27)23-14-7-10-24(13-14)15-5-2-3-6-16(15)28-17(19)20/h2-3,5-6,14,17H,4,7-13H2,1H3,(H2,21,22,23). The summed E-state index contributed by atoms with van der Waals surface area (Å²) in [5, 5.41) is 6.46. The first-order valence-electron chi connectivity index (χ1n) is 9.63. The van der Waals surface area contributed by atoms with Gasteiger partial charge in [-0.15, -0.1) is 0 Å². The maximum absolute atomic E-state index is 12.6. The molecule has 2 fully saturated rings. The Kier molecular flexibility index (Phi) is 7.12. The summed E-state index contributed by atoms with van der Waals surface area (Å²) in [5.41, 5.74) is 0.638. The Morgan fingerprint density at radius 3 is 2.83 bits per heavy atom. The number of halogens is 2. The molecule has 1 aromatic carbocycles. The Hall–Kier alpha value is -2.14. The van der Waals surface area contributed by atoms with Crippen molar-refractivity contribution in [1.29, 1.82) is 0 Å². The molecule has 3 rings (SSSR count). The van der Waals surface area contributed by atoms with Gasteiger partial charge in [-0.05, 0) is 25.0 Å². The van der Waals surface area contributed by atoms with E-state index in [1.165, 1.54) is 10.4 Å². The van der Waals surface area contributed by atoms with Crippen molar-refractivity contribution in [3.05, 3.63) is 24.3 Å². The first kappa shape index (κ1) is 21.6. The van der Waals surface area contributed by atoms with Crippen LogP contribution in [0, 0.1) is 0 Å². The molecular weight excluding hydrogens is 404 g/mol. The Labute approximate surface area is 170 Å². The first-order chi connectivity index (χ1) is 13.9. The summed E-state index contributed by atoms with van der Waals surface area (Å²) in [6.07, 6.45) is 1.48. The molecule has 0 aliphatic carbocycles. The van der Waals surface area contributed by atoms with Gasteiger partial charge in [-0.2, -0.15) is 8.78 Å². The zero-order chi connectivity index (χ0) is 20.9. The molecule has 162 valence electrons. The normalized spacial score (nSPS) is 22.3. The summed E-state index contributed by atoms with van der Waals surface area (Å²) in [7, 11) is -1.45. The highest BCUT2D eigenvalue weighted by atomic mass is 32.2. The van der Waals surface area contributed by atoms with Gasteiger partial charge in [-0.25, -0.2) is 12.7 Å². The average molecular weight is 432 g/mol. The average Bonchev–Trinajstić information content (AvgIpc) is 3.27. The summed E-state index contributed by atoms with van der Waals surface area (Å²) in [4.78, 5) is 6.19. The number of rotatable bonds is 7. The maximum atomic E-state index is 12.6. The van der Waals surface area contributed by atoms with Crippen molar-refractivity contribution in [2.24, 2.45) is 4.99 Å². The smallest absolute Gasteiger partial charge is 0.387 e. The van der Waals surface area contributed by atoms with E-state index in [9.17, 15) is 17.2 Å². The fraction of sp³-hybridized carbons (Fsp3) is 0.611. The van der Waals surface area contributed by atoms with E-state index in [-0.39, 0.29) is 17.5 Å². The van der Waals surface area contributed by atoms with E-state index >= 15 is 0 Å². The van der Waals surface area contributed by atoms with E-state index < -0.39 is 16.6 Å². The Morgan fingerprint density at radius 2 is 2.14 bits per heavy atom. The van der Waals surface area contributed by atoms with Crippen LogP contribution in [0.25, 0.3) is 0 Å². The quantitative estimate of drug-likeness (QED) is 0.496. The lowest BCUT2D eigenvalue weighted by molar-refractivity contribution is -0.0495. The minimum Gasteiger partial charge on any atom is -0.433 e. The number of hydrogen-bond acceptors (Lipinski definition) is 5. The highest BCUT2D eigenvalue weighted by Crippen LogP contribution is 2.31. The van der Waals surface area contributed by atoms with Gasteiger partial charge in [0.1, 0.15) is 5.75 Å². The molecule has 11 heteroatoms. The Balaban J connectivity index is 1.50. The second kappa shape index (κ2) is 9.57. The Bertz CT molecular complexity index is 821. The van der Waals surface area contributed by atoms with Crippen molar-refractivity contribution in [1.82, 2.24) is 14.9 Å². The van der Waals surface area contributed by atoms with Crippen molar-refractivity contribution >= 4 is 21.7 Å². The first-order valence-corrected chi connectivity index (χ1v) is 11.2. The third-order valence-corrected chi connectivity index (χ3v) is 6.99. The number of guanidine groups is 1. The number of benzene rings is 1. The molecule has 2 aliphatic rings. The number of nitrogens with zero attached hydrogens (tertiary/aromatic N) is 3. The minimum absolute atomic E-state index is 0.0799. The van der Waals surface area contributed by atoms with Crippen LogP contribution in [0.2, 0.25) is 0 Å². The molecule has 1 unspecified atom stereocenters. The second-order valence-corrected chi connectivity index (χ2v) is 9.08. The number of hydrogen-bond donors (Lipinski definition) is 2. The van der Waals surface area contributed by atoms with Crippen LogP contribution in [0.4, 0.5) is 14.5 Å². The van der Waals surface area contributed by atoms with Gasteiger partial charge in [0.15, 0.2) is 5.96 Å². The predicted octanol–water partition coefficient (Wildman–Crippen LogP) is 1.07. The lowest BCUT2D eigenvalue weighted by Gasteiger charge is -2.23. The zero-order valence-corrected chi connectivity index (χ0v) is 17.2. The van der Waals surface area contributed by atoms with Gasteiger partial charge in [0, 0.05) is 45.8 Å². The third-order valence-electron chi connectivity index (χ3n) is 5.03. The van der Waals surface area contributed by atoms with Crippen LogP contribution in [0.15, 0.2) is 29.3 Å². The molecule has 0 radical (unpaired) electrons. The summed E-state index contributed by atoms with van der Waals surface area (Å²) in [6, 6.07) is 6.84. The maximum Gasteiger partial charge on any atom is 0.387 e.